The van der Waals surface area contributed by atoms with Gasteiger partial charge in [0.1, 0.15) is 0 Å². The lowest BCUT2D eigenvalue weighted by Crippen LogP contribution is -2.31. The van der Waals surface area contributed by atoms with Crippen LogP contribution in [-0.2, 0) is 0 Å². The van der Waals surface area contributed by atoms with Gasteiger partial charge in [0.25, 0.3) is 5.91 Å². The molecule has 16 heavy (non-hydrogen) atoms. The Morgan fingerprint density at radius 3 is 3.12 bits per heavy atom. The van der Waals surface area contributed by atoms with Crippen molar-refractivity contribution in [1.82, 2.24) is 20.3 Å². The number of imidazole rings is 1. The number of rotatable bonds is 3. The molecule has 0 aromatic carbocycles. The molecule has 1 amide bonds. The number of hydrogen-bond donors (Lipinski definition) is 2. The molecule has 1 unspecified atom stereocenters. The van der Waals surface area contributed by atoms with Gasteiger partial charge in [-0.25, -0.2) is 9.97 Å². The van der Waals surface area contributed by atoms with Crippen LogP contribution in [0.1, 0.15) is 30.6 Å². The minimum atomic E-state index is -0.0987. The van der Waals surface area contributed by atoms with Crippen LogP contribution in [0.2, 0.25) is 0 Å². The highest BCUT2D eigenvalue weighted by Crippen LogP contribution is 2.08. The number of carbonyl (C=O) groups excluding carboxylic acids is 1. The van der Waals surface area contributed by atoms with Crippen LogP contribution in [0.3, 0.4) is 0 Å². The largest absolute Gasteiger partial charge is 0.350 e. The van der Waals surface area contributed by atoms with E-state index in [1.807, 2.05) is 13.8 Å². The first-order chi connectivity index (χ1) is 7.70. The molecular formula is C11H14N4O. The van der Waals surface area contributed by atoms with Crippen molar-refractivity contribution in [2.45, 2.75) is 26.3 Å². The molecule has 5 heteroatoms. The molecule has 0 fully saturated rings. The highest BCUT2D eigenvalue weighted by molar-refractivity contribution is 5.96. The Morgan fingerprint density at radius 1 is 1.56 bits per heavy atom. The topological polar surface area (TPSA) is 70.7 Å². The summed E-state index contributed by atoms with van der Waals surface area (Å²) < 4.78 is 0. The van der Waals surface area contributed by atoms with E-state index in [1.165, 1.54) is 0 Å². The zero-order valence-corrected chi connectivity index (χ0v) is 9.32. The van der Waals surface area contributed by atoms with Crippen LogP contribution >= 0.6 is 0 Å². The average molecular weight is 218 g/mol. The van der Waals surface area contributed by atoms with E-state index in [1.54, 1.807) is 18.6 Å². The van der Waals surface area contributed by atoms with Crippen LogP contribution in [0.5, 0.6) is 0 Å². The van der Waals surface area contributed by atoms with Crippen molar-refractivity contribution in [2.75, 3.05) is 0 Å². The van der Waals surface area contributed by atoms with Gasteiger partial charge < -0.3 is 10.3 Å². The van der Waals surface area contributed by atoms with Crippen molar-refractivity contribution in [1.29, 1.82) is 0 Å². The highest BCUT2D eigenvalue weighted by atomic mass is 16.1. The number of hydrogen-bond acceptors (Lipinski definition) is 3. The molecule has 0 saturated carbocycles. The summed E-state index contributed by atoms with van der Waals surface area (Å²) in [7, 11) is 0. The maximum absolute atomic E-state index is 11.8. The van der Waals surface area contributed by atoms with E-state index in [0.717, 1.165) is 11.9 Å². The molecule has 5 nitrogen and oxygen atoms in total. The molecule has 1 atom stereocenters. The van der Waals surface area contributed by atoms with Gasteiger partial charge in [-0.2, -0.15) is 0 Å². The van der Waals surface area contributed by atoms with Gasteiger partial charge in [0.15, 0.2) is 5.65 Å². The first-order valence-electron chi connectivity index (χ1n) is 5.30. The summed E-state index contributed by atoms with van der Waals surface area (Å²) in [5.74, 6) is -0.0987. The minimum absolute atomic E-state index is 0.0987. The van der Waals surface area contributed by atoms with E-state index in [0.29, 0.717) is 11.2 Å². The molecule has 84 valence electrons. The summed E-state index contributed by atoms with van der Waals surface area (Å²) in [6.45, 7) is 4.00. The summed E-state index contributed by atoms with van der Waals surface area (Å²) >= 11 is 0. The number of pyridine rings is 1. The Balaban J connectivity index is 2.22. The van der Waals surface area contributed by atoms with E-state index in [9.17, 15) is 4.79 Å². The number of nitrogens with zero attached hydrogens (tertiary/aromatic N) is 2. The highest BCUT2D eigenvalue weighted by Gasteiger charge is 2.10. The second-order valence-electron chi connectivity index (χ2n) is 3.78. The normalized spacial score (nSPS) is 12.6. The monoisotopic (exact) mass is 218 g/mol. The van der Waals surface area contributed by atoms with Crippen molar-refractivity contribution in [3.63, 3.8) is 0 Å². The summed E-state index contributed by atoms with van der Waals surface area (Å²) in [4.78, 5) is 22.8. The Kier molecular flexibility index (Phi) is 2.85. The summed E-state index contributed by atoms with van der Waals surface area (Å²) in [5, 5.41) is 2.89. The Labute approximate surface area is 93.3 Å². The molecule has 0 bridgehead atoms. The third kappa shape index (κ3) is 2.03. The number of aromatic amines is 1. The predicted octanol–water partition coefficient (Wildman–Crippen LogP) is 1.49. The van der Waals surface area contributed by atoms with Gasteiger partial charge in [-0.1, -0.05) is 6.92 Å². The zero-order valence-electron chi connectivity index (χ0n) is 9.32. The number of fused-ring (bicyclic) bond motifs is 1. The van der Waals surface area contributed by atoms with Gasteiger partial charge in [-0.05, 0) is 19.4 Å². The molecule has 2 rings (SSSR count). The maximum Gasteiger partial charge on any atom is 0.253 e. The Hall–Kier alpha value is -1.91. The first-order valence-corrected chi connectivity index (χ1v) is 5.30. The maximum atomic E-state index is 11.8. The fourth-order valence-corrected chi connectivity index (χ4v) is 1.36. The molecule has 0 aliphatic rings. The van der Waals surface area contributed by atoms with E-state index >= 15 is 0 Å². The lowest BCUT2D eigenvalue weighted by atomic mass is 10.2. The number of nitrogens with one attached hydrogen (secondary N) is 2. The third-order valence-electron chi connectivity index (χ3n) is 2.53. The quantitative estimate of drug-likeness (QED) is 0.819. The van der Waals surface area contributed by atoms with Crippen LogP contribution in [0.4, 0.5) is 0 Å². The predicted molar refractivity (Wildman–Crippen MR) is 61.1 cm³/mol. The number of H-pyrrole nitrogens is 1. The smallest absolute Gasteiger partial charge is 0.253 e. The minimum Gasteiger partial charge on any atom is -0.350 e. The van der Waals surface area contributed by atoms with E-state index in [2.05, 4.69) is 20.3 Å². The molecule has 0 radical (unpaired) electrons. The zero-order chi connectivity index (χ0) is 11.5. The van der Waals surface area contributed by atoms with Gasteiger partial charge in [-0.3, -0.25) is 4.79 Å². The van der Waals surface area contributed by atoms with Crippen molar-refractivity contribution in [3.8, 4) is 0 Å². The van der Waals surface area contributed by atoms with Crippen LogP contribution < -0.4 is 5.32 Å². The second-order valence-corrected chi connectivity index (χ2v) is 3.78. The summed E-state index contributed by atoms with van der Waals surface area (Å²) in [6, 6.07) is 1.93. The van der Waals surface area contributed by atoms with Crippen LogP contribution in [0.15, 0.2) is 18.6 Å². The lowest BCUT2D eigenvalue weighted by molar-refractivity contribution is 0.0939. The molecular weight excluding hydrogens is 204 g/mol. The second kappa shape index (κ2) is 4.30. The molecule has 0 saturated heterocycles. The fourth-order valence-electron chi connectivity index (χ4n) is 1.36. The molecule has 2 N–H and O–H groups in total. The van der Waals surface area contributed by atoms with Gasteiger partial charge in [-0.15, -0.1) is 0 Å². The summed E-state index contributed by atoms with van der Waals surface area (Å²) in [5.41, 5.74) is 1.95. The van der Waals surface area contributed by atoms with Crippen LogP contribution in [-0.4, -0.2) is 26.9 Å². The third-order valence-corrected chi connectivity index (χ3v) is 2.53. The molecule has 2 aromatic heterocycles. The molecule has 0 aliphatic heterocycles. The van der Waals surface area contributed by atoms with E-state index in [-0.39, 0.29) is 11.9 Å². The molecule has 0 spiro atoms. The fraction of sp³-hybridized carbons (Fsp3) is 0.364. The van der Waals surface area contributed by atoms with Crippen LogP contribution in [0.25, 0.3) is 11.2 Å². The van der Waals surface area contributed by atoms with Crippen molar-refractivity contribution < 1.29 is 4.79 Å². The first kappa shape index (κ1) is 10.6. The van der Waals surface area contributed by atoms with E-state index < -0.39 is 0 Å². The average Bonchev–Trinajstić information content (AvgIpc) is 2.75. The van der Waals surface area contributed by atoms with Gasteiger partial charge in [0, 0.05) is 12.2 Å². The molecule has 2 aromatic rings. The van der Waals surface area contributed by atoms with Crippen molar-refractivity contribution >= 4 is 17.1 Å². The van der Waals surface area contributed by atoms with Gasteiger partial charge >= 0.3 is 0 Å². The van der Waals surface area contributed by atoms with E-state index in [4.69, 9.17) is 0 Å². The van der Waals surface area contributed by atoms with Gasteiger partial charge in [0.2, 0.25) is 0 Å². The Bertz CT molecular complexity index is 505. The van der Waals surface area contributed by atoms with Crippen LogP contribution in [0, 0.1) is 0 Å². The number of aromatic nitrogens is 3. The molecule has 2 heterocycles. The molecule has 0 aliphatic carbocycles. The Morgan fingerprint density at radius 2 is 2.38 bits per heavy atom. The lowest BCUT2D eigenvalue weighted by Gasteiger charge is -2.10. The SMILES string of the molecule is CCC(C)NC(=O)c1cnc2nc[nH]c2c1. The van der Waals surface area contributed by atoms with Gasteiger partial charge in [0.05, 0.1) is 17.4 Å². The number of amides is 1. The van der Waals surface area contributed by atoms with Crippen molar-refractivity contribution in [2.24, 2.45) is 0 Å². The summed E-state index contributed by atoms with van der Waals surface area (Å²) in [6.07, 6.45) is 4.01. The standard InChI is InChI=1S/C11H14N4O/c1-3-7(2)15-11(16)8-4-9-10(12-5-8)14-6-13-9/h4-7H,3H2,1-2H3,(H,15,16)(H,12,13,14). The van der Waals surface area contributed by atoms with Crippen molar-refractivity contribution in [3.05, 3.63) is 24.2 Å². The number of carbonyl (C=O) groups is 1.